The van der Waals surface area contributed by atoms with Gasteiger partial charge in [-0.2, -0.15) is 0 Å². The van der Waals surface area contributed by atoms with Gasteiger partial charge in [-0.3, -0.25) is 14.9 Å². The number of Topliss-reactive ketones (excluding diaryl/α,β-unsaturated/α-hetero) is 1. The van der Waals surface area contributed by atoms with Gasteiger partial charge < -0.3 is 14.8 Å². The molecule has 0 aliphatic heterocycles. The van der Waals surface area contributed by atoms with E-state index in [2.05, 4.69) is 5.32 Å². The third kappa shape index (κ3) is 6.18. The number of rotatable bonds is 7. The van der Waals surface area contributed by atoms with Crippen LogP contribution in [-0.4, -0.2) is 35.6 Å². The summed E-state index contributed by atoms with van der Waals surface area (Å²) in [5.41, 5.74) is -0.656. The lowest BCUT2D eigenvalue weighted by Gasteiger charge is -2.19. The first kappa shape index (κ1) is 21.7. The van der Waals surface area contributed by atoms with Crippen LogP contribution in [0.1, 0.15) is 50.0 Å². The van der Waals surface area contributed by atoms with Crippen molar-refractivity contribution in [3.8, 4) is 5.75 Å². The molecule has 0 radical (unpaired) electrons. The molecule has 1 rings (SSSR count). The maximum atomic E-state index is 11.8. The zero-order valence-electron chi connectivity index (χ0n) is 15.5. The Balaban J connectivity index is 2.78. The quantitative estimate of drug-likeness (QED) is 0.327. The van der Waals surface area contributed by atoms with Crippen LogP contribution in [0.15, 0.2) is 6.07 Å². The lowest BCUT2D eigenvalue weighted by atomic mass is 10.1. The van der Waals surface area contributed by atoms with Crippen molar-refractivity contribution in [1.82, 2.24) is 5.32 Å². The Bertz CT molecular complexity index is 712. The molecular weight excluding hydrogens is 364 g/mol. The van der Waals surface area contributed by atoms with Gasteiger partial charge in [0.05, 0.1) is 22.1 Å². The molecule has 1 aromatic rings. The van der Waals surface area contributed by atoms with Crippen LogP contribution in [0.5, 0.6) is 5.75 Å². The molecule has 144 valence electrons. The smallest absolute Gasteiger partial charge is 0.407 e. The van der Waals surface area contributed by atoms with E-state index in [0.29, 0.717) is 6.42 Å². The Labute approximate surface area is 157 Å². The van der Waals surface area contributed by atoms with Crippen molar-refractivity contribution in [1.29, 1.82) is 0 Å². The molecule has 1 N–H and O–H groups in total. The summed E-state index contributed by atoms with van der Waals surface area (Å²) in [6.07, 6.45) is -0.190. The van der Waals surface area contributed by atoms with E-state index in [-0.39, 0.29) is 40.7 Å². The highest BCUT2D eigenvalue weighted by Crippen LogP contribution is 2.39. The number of nitro benzene ring substituents is 1. The number of nitrogens with zero attached hydrogens (tertiary/aromatic N) is 1. The maximum Gasteiger partial charge on any atom is 0.407 e. The van der Waals surface area contributed by atoms with Crippen LogP contribution in [0, 0.1) is 17.0 Å². The van der Waals surface area contributed by atoms with E-state index in [0.717, 1.165) is 0 Å². The third-order valence-corrected chi connectivity index (χ3v) is 3.63. The standard InChI is InChI=1S/C17H23ClN2O6/c1-10-13(18)9-12(11(2)21)15(14(10)20(23)24)25-8-6-7-19-16(22)26-17(3,4)5/h9H,6-8H2,1-5H3,(H,19,22). The van der Waals surface area contributed by atoms with Crippen molar-refractivity contribution in [3.63, 3.8) is 0 Å². The number of ketones is 1. The number of hydrogen-bond donors (Lipinski definition) is 1. The summed E-state index contributed by atoms with van der Waals surface area (Å²) in [6, 6.07) is 1.36. The predicted octanol–water partition coefficient (Wildman–Crippen LogP) is 4.05. The number of alkyl carbamates (subject to hydrolysis) is 1. The second-order valence-electron chi connectivity index (χ2n) is 6.65. The molecular formula is C17H23ClN2O6. The number of amides is 1. The van der Waals surface area contributed by atoms with Gasteiger partial charge in [0.25, 0.3) is 0 Å². The van der Waals surface area contributed by atoms with Gasteiger partial charge in [0.2, 0.25) is 5.75 Å². The molecule has 0 bridgehead atoms. The summed E-state index contributed by atoms with van der Waals surface area (Å²) in [7, 11) is 0. The first-order valence-corrected chi connectivity index (χ1v) is 8.40. The maximum absolute atomic E-state index is 11.8. The Morgan fingerprint density at radius 1 is 1.35 bits per heavy atom. The largest absolute Gasteiger partial charge is 0.486 e. The number of ether oxygens (including phenoxy) is 2. The predicted molar refractivity (Wildman–Crippen MR) is 97.2 cm³/mol. The zero-order valence-corrected chi connectivity index (χ0v) is 16.2. The summed E-state index contributed by atoms with van der Waals surface area (Å²) in [5.74, 6) is -0.501. The fraction of sp³-hybridized carbons (Fsp3) is 0.529. The second-order valence-corrected chi connectivity index (χ2v) is 7.06. The van der Waals surface area contributed by atoms with Gasteiger partial charge in [-0.25, -0.2) is 4.79 Å². The topological polar surface area (TPSA) is 108 Å². The number of hydrogen-bond acceptors (Lipinski definition) is 6. The molecule has 0 fully saturated rings. The normalized spacial score (nSPS) is 11.0. The number of benzene rings is 1. The van der Waals surface area contributed by atoms with Gasteiger partial charge in [0.1, 0.15) is 5.60 Å². The van der Waals surface area contributed by atoms with Crippen LogP contribution in [0.25, 0.3) is 0 Å². The third-order valence-electron chi connectivity index (χ3n) is 3.24. The van der Waals surface area contributed by atoms with Crippen LogP contribution >= 0.6 is 11.6 Å². The minimum absolute atomic E-state index is 0.0485. The molecule has 0 saturated heterocycles. The van der Waals surface area contributed by atoms with Gasteiger partial charge in [-0.1, -0.05) is 11.6 Å². The van der Waals surface area contributed by atoms with Gasteiger partial charge in [0, 0.05) is 12.1 Å². The SMILES string of the molecule is CC(=O)c1cc(Cl)c(C)c([N+](=O)[O-])c1OCCCNC(=O)OC(C)(C)C. The molecule has 1 amide bonds. The van der Waals surface area contributed by atoms with Gasteiger partial charge >= 0.3 is 11.8 Å². The summed E-state index contributed by atoms with van der Waals surface area (Å²) >= 11 is 5.98. The molecule has 26 heavy (non-hydrogen) atoms. The molecule has 8 nitrogen and oxygen atoms in total. The monoisotopic (exact) mass is 386 g/mol. The fourth-order valence-electron chi connectivity index (χ4n) is 2.09. The molecule has 9 heteroatoms. The molecule has 0 heterocycles. The lowest BCUT2D eigenvalue weighted by molar-refractivity contribution is -0.386. The zero-order chi connectivity index (χ0) is 20.1. The molecule has 0 aliphatic rings. The molecule has 0 unspecified atom stereocenters. The highest BCUT2D eigenvalue weighted by Gasteiger charge is 2.27. The van der Waals surface area contributed by atoms with Gasteiger partial charge in [-0.05, 0) is 47.1 Å². The first-order chi connectivity index (χ1) is 11.9. The Hall–Kier alpha value is -2.35. The first-order valence-electron chi connectivity index (χ1n) is 8.02. The fourth-order valence-corrected chi connectivity index (χ4v) is 2.29. The summed E-state index contributed by atoms with van der Waals surface area (Å²) < 4.78 is 10.6. The van der Waals surface area contributed by atoms with E-state index in [4.69, 9.17) is 21.1 Å². The Morgan fingerprint density at radius 2 is 1.96 bits per heavy atom. The van der Waals surface area contributed by atoms with Gasteiger partial charge in [-0.15, -0.1) is 0 Å². The number of carbonyl (C=O) groups excluding carboxylic acids is 2. The molecule has 0 aliphatic carbocycles. The molecule has 0 aromatic heterocycles. The second kappa shape index (κ2) is 8.84. The molecule has 0 atom stereocenters. The van der Waals surface area contributed by atoms with Gasteiger partial charge in [0.15, 0.2) is 5.78 Å². The highest BCUT2D eigenvalue weighted by atomic mass is 35.5. The average Bonchev–Trinajstić information content (AvgIpc) is 2.47. The average molecular weight is 387 g/mol. The lowest BCUT2D eigenvalue weighted by Crippen LogP contribution is -2.33. The summed E-state index contributed by atoms with van der Waals surface area (Å²) in [6.45, 7) is 8.34. The summed E-state index contributed by atoms with van der Waals surface area (Å²) in [4.78, 5) is 34.1. The molecule has 0 saturated carbocycles. The van der Waals surface area contributed by atoms with Crippen molar-refractivity contribution in [2.75, 3.05) is 13.2 Å². The van der Waals surface area contributed by atoms with Crippen LogP contribution < -0.4 is 10.1 Å². The van der Waals surface area contributed by atoms with Crippen molar-refractivity contribution in [2.45, 2.75) is 46.6 Å². The molecule has 1 aromatic carbocycles. The van der Waals surface area contributed by atoms with E-state index < -0.39 is 22.4 Å². The van der Waals surface area contributed by atoms with Crippen molar-refractivity contribution >= 4 is 29.2 Å². The van der Waals surface area contributed by atoms with E-state index in [1.165, 1.54) is 19.9 Å². The van der Waals surface area contributed by atoms with Crippen molar-refractivity contribution in [2.24, 2.45) is 0 Å². The number of carbonyl (C=O) groups is 2. The summed E-state index contributed by atoms with van der Waals surface area (Å²) in [5, 5.41) is 14.0. The van der Waals surface area contributed by atoms with Crippen molar-refractivity contribution in [3.05, 3.63) is 32.3 Å². The van der Waals surface area contributed by atoms with E-state index in [9.17, 15) is 19.7 Å². The number of nitrogens with one attached hydrogen (secondary N) is 1. The van der Waals surface area contributed by atoms with E-state index >= 15 is 0 Å². The number of halogens is 1. The Kier molecular flexibility index (Phi) is 7.38. The minimum atomic E-state index is -0.623. The van der Waals surface area contributed by atoms with Crippen LogP contribution in [0.2, 0.25) is 5.02 Å². The van der Waals surface area contributed by atoms with Crippen molar-refractivity contribution < 1.29 is 24.0 Å². The molecule has 0 spiro atoms. The van der Waals surface area contributed by atoms with Crippen LogP contribution in [0.3, 0.4) is 0 Å². The minimum Gasteiger partial charge on any atom is -0.486 e. The van der Waals surface area contributed by atoms with Crippen LogP contribution in [-0.2, 0) is 4.74 Å². The van der Waals surface area contributed by atoms with E-state index in [1.54, 1.807) is 20.8 Å². The van der Waals surface area contributed by atoms with E-state index in [1.807, 2.05) is 0 Å². The highest BCUT2D eigenvalue weighted by molar-refractivity contribution is 6.32. The number of nitro groups is 1. The Morgan fingerprint density at radius 3 is 2.46 bits per heavy atom. The van der Waals surface area contributed by atoms with Crippen LogP contribution in [0.4, 0.5) is 10.5 Å².